The smallest absolute Gasteiger partial charge is 0.347 e. The second kappa shape index (κ2) is 8.66. The van der Waals surface area contributed by atoms with Crippen LogP contribution in [0.5, 0.6) is 0 Å². The fourth-order valence-electron chi connectivity index (χ4n) is 4.23. The van der Waals surface area contributed by atoms with Crippen LogP contribution in [0, 0.1) is 0 Å². The van der Waals surface area contributed by atoms with Gasteiger partial charge < -0.3 is 14.0 Å². The van der Waals surface area contributed by atoms with Gasteiger partial charge in [0.05, 0.1) is 11.9 Å². The van der Waals surface area contributed by atoms with Gasteiger partial charge in [0.2, 0.25) is 17.5 Å². The minimum absolute atomic E-state index is 0.0860. The fourth-order valence-corrected chi connectivity index (χ4v) is 5.35. The molecule has 4 aromatic heterocycles. The summed E-state index contributed by atoms with van der Waals surface area (Å²) in [4.78, 5) is 17.7. The highest BCUT2D eigenvalue weighted by atomic mass is 32.1. The summed E-state index contributed by atoms with van der Waals surface area (Å²) in [6.07, 6.45) is -2.70. The summed E-state index contributed by atoms with van der Waals surface area (Å²) in [5, 5.41) is 12.1. The average Bonchev–Trinajstić information content (AvgIpc) is 3.61. The Morgan fingerprint density at radius 1 is 1.03 bits per heavy atom. The first-order valence-electron chi connectivity index (χ1n) is 11.3. The summed E-state index contributed by atoms with van der Waals surface area (Å²) in [5.74, 6) is 0.693. The van der Waals surface area contributed by atoms with E-state index in [1.807, 2.05) is 41.3 Å². The lowest BCUT2D eigenvalue weighted by Crippen LogP contribution is -2.36. The Kier molecular flexibility index (Phi) is 5.43. The largest absolute Gasteiger partial charge is 0.451 e. The molecule has 0 spiro atoms. The number of benzene rings is 1. The molecular formula is C23H19F3N8OS. The van der Waals surface area contributed by atoms with Crippen LogP contribution < -0.4 is 4.90 Å². The monoisotopic (exact) mass is 512 g/mol. The third-order valence-corrected chi connectivity index (χ3v) is 6.96. The van der Waals surface area contributed by atoms with Crippen molar-refractivity contribution in [3.05, 3.63) is 52.9 Å². The van der Waals surface area contributed by atoms with E-state index in [1.54, 1.807) is 11.3 Å². The number of alkyl halides is 3. The number of aromatic nitrogens is 7. The zero-order valence-electron chi connectivity index (χ0n) is 19.0. The summed E-state index contributed by atoms with van der Waals surface area (Å²) in [7, 11) is 0. The number of rotatable bonds is 5. The van der Waals surface area contributed by atoms with Crippen LogP contribution in [0.4, 0.5) is 19.0 Å². The standard InChI is InChI=1S/C23H19F3N8OS/c1-2-6-14-11-15-19(33-9-10-34-16(12-33)30-31-22(34)23(24,25)26)27-18(29-21(15)36-14)20-28-17(32-35-20)13-7-4-3-5-8-13/h3-5,7-8,11H,2,6,9-10,12H2,1H3. The molecule has 5 heterocycles. The van der Waals surface area contributed by atoms with E-state index in [-0.39, 0.29) is 30.6 Å². The highest BCUT2D eigenvalue weighted by molar-refractivity contribution is 7.18. The number of hydrogen-bond donors (Lipinski definition) is 0. The maximum atomic E-state index is 13.3. The SMILES string of the molecule is CCCc1cc2c(N3CCn4c(nnc4C(F)(F)F)C3)nc(-c3nc(-c4ccccc4)no3)nc2s1. The van der Waals surface area contributed by atoms with E-state index >= 15 is 0 Å². The van der Waals surface area contributed by atoms with E-state index in [4.69, 9.17) is 14.5 Å². The maximum Gasteiger partial charge on any atom is 0.451 e. The summed E-state index contributed by atoms with van der Waals surface area (Å²) >= 11 is 1.56. The molecule has 13 heteroatoms. The number of nitrogens with zero attached hydrogens (tertiary/aromatic N) is 8. The van der Waals surface area contributed by atoms with E-state index in [0.29, 0.717) is 18.2 Å². The van der Waals surface area contributed by atoms with E-state index in [1.165, 1.54) is 0 Å². The molecule has 0 radical (unpaired) electrons. The summed E-state index contributed by atoms with van der Waals surface area (Å²) in [6, 6.07) is 11.5. The molecule has 1 aromatic carbocycles. The molecule has 36 heavy (non-hydrogen) atoms. The summed E-state index contributed by atoms with van der Waals surface area (Å²) in [5.41, 5.74) is 0.797. The number of anilines is 1. The molecule has 9 nitrogen and oxygen atoms in total. The molecule has 184 valence electrons. The first-order chi connectivity index (χ1) is 17.4. The molecule has 0 unspecified atom stereocenters. The van der Waals surface area contributed by atoms with Gasteiger partial charge in [0, 0.05) is 23.5 Å². The summed E-state index contributed by atoms with van der Waals surface area (Å²) in [6.45, 7) is 2.62. The molecule has 0 fully saturated rings. The van der Waals surface area contributed by atoms with Crippen LogP contribution in [0.2, 0.25) is 0 Å². The molecule has 6 rings (SSSR count). The predicted molar refractivity (Wildman–Crippen MR) is 126 cm³/mol. The van der Waals surface area contributed by atoms with Crippen LogP contribution in [0.1, 0.15) is 29.9 Å². The van der Waals surface area contributed by atoms with Crippen molar-refractivity contribution in [1.29, 1.82) is 0 Å². The van der Waals surface area contributed by atoms with Crippen LogP contribution in [-0.4, -0.2) is 41.4 Å². The van der Waals surface area contributed by atoms with E-state index < -0.39 is 12.0 Å². The van der Waals surface area contributed by atoms with Crippen molar-refractivity contribution in [1.82, 2.24) is 34.9 Å². The van der Waals surface area contributed by atoms with Gasteiger partial charge >= 0.3 is 6.18 Å². The van der Waals surface area contributed by atoms with Gasteiger partial charge in [-0.15, -0.1) is 21.5 Å². The first-order valence-corrected chi connectivity index (χ1v) is 12.2. The molecule has 0 atom stereocenters. The summed E-state index contributed by atoms with van der Waals surface area (Å²) < 4.78 is 46.5. The Hall–Kier alpha value is -3.87. The Bertz CT molecular complexity index is 1540. The molecule has 1 aliphatic heterocycles. The van der Waals surface area contributed by atoms with Crippen LogP contribution in [0.15, 0.2) is 40.9 Å². The first kappa shape index (κ1) is 22.6. The fraction of sp³-hybridized carbons (Fsp3) is 0.304. The molecule has 5 aromatic rings. The Balaban J connectivity index is 1.41. The molecule has 0 saturated heterocycles. The minimum Gasteiger partial charge on any atom is -0.347 e. The molecule has 0 N–H and O–H groups in total. The van der Waals surface area contributed by atoms with Crippen molar-refractivity contribution in [3.63, 3.8) is 0 Å². The van der Waals surface area contributed by atoms with Gasteiger partial charge in [-0.2, -0.15) is 18.2 Å². The number of fused-ring (bicyclic) bond motifs is 2. The maximum absolute atomic E-state index is 13.3. The Labute approximate surface area is 206 Å². The molecule has 0 bridgehead atoms. The second-order valence-corrected chi connectivity index (χ2v) is 9.47. The van der Waals surface area contributed by atoms with Gasteiger partial charge in [0.25, 0.3) is 5.89 Å². The lowest BCUT2D eigenvalue weighted by molar-refractivity contribution is -0.147. The third kappa shape index (κ3) is 3.98. The number of thiophene rings is 1. The van der Waals surface area contributed by atoms with Crippen LogP contribution in [-0.2, 0) is 25.7 Å². The van der Waals surface area contributed by atoms with Gasteiger partial charge in [-0.3, -0.25) is 0 Å². The number of halogens is 3. The third-order valence-electron chi connectivity index (χ3n) is 5.88. The van der Waals surface area contributed by atoms with Crippen molar-refractivity contribution >= 4 is 27.4 Å². The lowest BCUT2D eigenvalue weighted by Gasteiger charge is -2.29. The highest BCUT2D eigenvalue weighted by Gasteiger charge is 2.39. The van der Waals surface area contributed by atoms with Crippen molar-refractivity contribution in [2.45, 2.75) is 39.0 Å². The Morgan fingerprint density at radius 3 is 2.64 bits per heavy atom. The Morgan fingerprint density at radius 2 is 1.86 bits per heavy atom. The van der Waals surface area contributed by atoms with E-state index in [2.05, 4.69) is 27.3 Å². The van der Waals surface area contributed by atoms with E-state index in [0.717, 1.165) is 38.1 Å². The van der Waals surface area contributed by atoms with Gasteiger partial charge in [0.15, 0.2) is 5.82 Å². The van der Waals surface area contributed by atoms with E-state index in [9.17, 15) is 13.2 Å². The quantitative estimate of drug-likeness (QED) is 0.325. The van der Waals surface area contributed by atoms with Gasteiger partial charge in [0.1, 0.15) is 10.6 Å². The lowest BCUT2D eigenvalue weighted by atomic mass is 10.2. The average molecular weight is 513 g/mol. The van der Waals surface area contributed by atoms with Crippen LogP contribution in [0.3, 0.4) is 0 Å². The van der Waals surface area contributed by atoms with Crippen molar-refractivity contribution < 1.29 is 17.7 Å². The highest BCUT2D eigenvalue weighted by Crippen LogP contribution is 2.36. The number of hydrogen-bond acceptors (Lipinski definition) is 9. The normalized spacial score (nSPS) is 13.9. The minimum atomic E-state index is -4.56. The van der Waals surface area contributed by atoms with Crippen molar-refractivity contribution in [2.24, 2.45) is 0 Å². The molecular weight excluding hydrogens is 493 g/mol. The molecule has 0 aliphatic carbocycles. The second-order valence-electron chi connectivity index (χ2n) is 8.35. The van der Waals surface area contributed by atoms with Crippen LogP contribution in [0.25, 0.3) is 33.3 Å². The van der Waals surface area contributed by atoms with Gasteiger partial charge in [-0.1, -0.05) is 48.8 Å². The van der Waals surface area contributed by atoms with Gasteiger partial charge in [-0.25, -0.2) is 9.97 Å². The molecule has 0 saturated carbocycles. The predicted octanol–water partition coefficient (Wildman–Crippen LogP) is 4.99. The topological polar surface area (TPSA) is 98.7 Å². The van der Waals surface area contributed by atoms with Crippen molar-refractivity contribution in [2.75, 3.05) is 11.4 Å². The zero-order valence-corrected chi connectivity index (χ0v) is 19.8. The zero-order chi connectivity index (χ0) is 24.9. The van der Waals surface area contributed by atoms with Gasteiger partial charge in [-0.05, 0) is 12.5 Å². The molecule has 1 aliphatic rings. The van der Waals surface area contributed by atoms with Crippen molar-refractivity contribution in [3.8, 4) is 23.1 Å². The molecule has 0 amide bonds. The number of aryl methyl sites for hydroxylation is 1. The van der Waals surface area contributed by atoms with Crippen LogP contribution >= 0.6 is 11.3 Å².